The van der Waals surface area contributed by atoms with Crippen LogP contribution in [-0.4, -0.2) is 19.5 Å². The Labute approximate surface area is 90.0 Å². The summed E-state index contributed by atoms with van der Waals surface area (Å²) in [6, 6.07) is 5.47. The van der Waals surface area contributed by atoms with Gasteiger partial charge in [-0.25, -0.2) is 0 Å². The highest BCUT2D eigenvalue weighted by Gasteiger charge is 2.05. The van der Waals surface area contributed by atoms with Gasteiger partial charge in [-0.1, -0.05) is 6.07 Å². The Kier molecular flexibility index (Phi) is 4.68. The van der Waals surface area contributed by atoms with Crippen LogP contribution >= 0.6 is 0 Å². The van der Waals surface area contributed by atoms with Crippen molar-refractivity contribution in [1.29, 1.82) is 0 Å². The first-order valence-electron chi connectivity index (χ1n) is 5.05. The van der Waals surface area contributed by atoms with E-state index >= 15 is 0 Å². The largest absolute Gasteiger partial charge is 0.494 e. The van der Waals surface area contributed by atoms with Gasteiger partial charge >= 0.3 is 0 Å². The van der Waals surface area contributed by atoms with E-state index in [0.717, 1.165) is 11.3 Å². The maximum Gasteiger partial charge on any atom is 0.203 e. The molecule has 0 spiro atoms. The zero-order chi connectivity index (χ0) is 11.1. The molecule has 15 heavy (non-hydrogen) atoms. The number of ether oxygens (including phenoxy) is 2. The van der Waals surface area contributed by atoms with Crippen molar-refractivity contribution in [2.45, 2.75) is 20.3 Å². The first-order valence-corrected chi connectivity index (χ1v) is 5.05. The van der Waals surface area contributed by atoms with Crippen molar-refractivity contribution >= 4 is 6.29 Å². The Bertz CT molecular complexity index is 321. The summed E-state index contributed by atoms with van der Waals surface area (Å²) in [7, 11) is 0. The van der Waals surface area contributed by atoms with E-state index in [2.05, 4.69) is 0 Å². The number of carbonyl (C=O) groups excluding carboxylic acids is 1. The zero-order valence-electron chi connectivity index (χ0n) is 9.08. The third-order valence-corrected chi connectivity index (χ3v) is 1.91. The third kappa shape index (κ3) is 3.27. The average molecular weight is 207 g/mol. The van der Waals surface area contributed by atoms with Gasteiger partial charge in [-0.15, -0.1) is 0 Å². The topological polar surface area (TPSA) is 35.5 Å². The minimum absolute atomic E-state index is 0.252. The van der Waals surface area contributed by atoms with E-state index in [4.69, 9.17) is 9.47 Å². The monoisotopic (exact) mass is 207 g/mol. The fourth-order valence-corrected chi connectivity index (χ4v) is 1.30. The van der Waals surface area contributed by atoms with Crippen LogP contribution in [0.25, 0.3) is 0 Å². The molecule has 1 radical (unpaired) electrons. The maximum atomic E-state index is 10.3. The molecule has 0 aromatic heterocycles. The van der Waals surface area contributed by atoms with E-state index in [-0.39, 0.29) is 6.42 Å². The lowest BCUT2D eigenvalue weighted by Crippen LogP contribution is -1.99. The molecule has 0 aliphatic rings. The van der Waals surface area contributed by atoms with E-state index in [1.807, 2.05) is 32.3 Å². The second-order valence-corrected chi connectivity index (χ2v) is 2.96. The van der Waals surface area contributed by atoms with Crippen molar-refractivity contribution < 1.29 is 14.3 Å². The summed E-state index contributed by atoms with van der Waals surface area (Å²) < 4.78 is 10.8. The molecule has 0 amide bonds. The van der Waals surface area contributed by atoms with Crippen LogP contribution < -0.4 is 9.47 Å². The minimum Gasteiger partial charge on any atom is -0.494 e. The van der Waals surface area contributed by atoms with Gasteiger partial charge in [0, 0.05) is 18.1 Å². The van der Waals surface area contributed by atoms with E-state index in [9.17, 15) is 4.79 Å². The van der Waals surface area contributed by atoms with Crippen molar-refractivity contribution in [3.8, 4) is 11.5 Å². The van der Waals surface area contributed by atoms with Gasteiger partial charge in [-0.05, 0) is 19.9 Å². The fourth-order valence-electron chi connectivity index (χ4n) is 1.30. The highest BCUT2D eigenvalue weighted by Crippen LogP contribution is 2.25. The normalized spacial score (nSPS) is 9.73. The molecule has 0 heterocycles. The van der Waals surface area contributed by atoms with E-state index in [1.54, 1.807) is 6.07 Å². The Morgan fingerprint density at radius 2 is 1.93 bits per heavy atom. The summed E-state index contributed by atoms with van der Waals surface area (Å²) in [5, 5.41) is 0. The highest BCUT2D eigenvalue weighted by atomic mass is 16.5. The molecule has 3 heteroatoms. The van der Waals surface area contributed by atoms with E-state index < -0.39 is 0 Å². The SMILES string of the molecule is CCOc1ccc(C[C]=O)c(OCC)c1. The second kappa shape index (κ2) is 6.06. The standard InChI is InChI=1S/C12H15O3/c1-3-14-11-6-5-10(7-8-13)12(9-11)15-4-2/h5-6,9H,3-4,7H2,1-2H3. The lowest BCUT2D eigenvalue weighted by Gasteiger charge is -2.10. The van der Waals surface area contributed by atoms with Crippen LogP contribution in [0.1, 0.15) is 19.4 Å². The predicted octanol–water partition coefficient (Wildman–Crippen LogP) is 2.14. The predicted molar refractivity (Wildman–Crippen MR) is 58.2 cm³/mol. The molecular formula is C12H15O3. The Hall–Kier alpha value is -1.51. The highest BCUT2D eigenvalue weighted by molar-refractivity contribution is 5.59. The fraction of sp³-hybridized carbons (Fsp3) is 0.417. The summed E-state index contributed by atoms with van der Waals surface area (Å²) in [5.41, 5.74) is 0.843. The summed E-state index contributed by atoms with van der Waals surface area (Å²) >= 11 is 0. The van der Waals surface area contributed by atoms with Crippen LogP contribution in [-0.2, 0) is 11.2 Å². The smallest absolute Gasteiger partial charge is 0.203 e. The van der Waals surface area contributed by atoms with Crippen molar-refractivity contribution in [2.24, 2.45) is 0 Å². The van der Waals surface area contributed by atoms with Crippen molar-refractivity contribution in [2.75, 3.05) is 13.2 Å². The lowest BCUT2D eigenvalue weighted by molar-refractivity contribution is 0.321. The van der Waals surface area contributed by atoms with Gasteiger partial charge in [0.15, 0.2) is 0 Å². The lowest BCUT2D eigenvalue weighted by atomic mass is 10.1. The Balaban J connectivity index is 2.91. The molecule has 0 aliphatic carbocycles. The van der Waals surface area contributed by atoms with Crippen LogP contribution in [0.15, 0.2) is 18.2 Å². The van der Waals surface area contributed by atoms with Crippen LogP contribution in [0.3, 0.4) is 0 Å². The van der Waals surface area contributed by atoms with Crippen LogP contribution in [0.5, 0.6) is 11.5 Å². The third-order valence-electron chi connectivity index (χ3n) is 1.91. The second-order valence-electron chi connectivity index (χ2n) is 2.96. The van der Waals surface area contributed by atoms with Crippen molar-refractivity contribution in [1.82, 2.24) is 0 Å². The van der Waals surface area contributed by atoms with Crippen molar-refractivity contribution in [3.63, 3.8) is 0 Å². The number of rotatable bonds is 6. The molecule has 0 N–H and O–H groups in total. The van der Waals surface area contributed by atoms with Crippen LogP contribution in [0.2, 0.25) is 0 Å². The van der Waals surface area contributed by atoms with Gasteiger partial charge < -0.3 is 9.47 Å². The van der Waals surface area contributed by atoms with Gasteiger partial charge in [-0.2, -0.15) is 0 Å². The van der Waals surface area contributed by atoms with Gasteiger partial charge in [0.25, 0.3) is 0 Å². The molecular weight excluding hydrogens is 192 g/mol. The first-order chi connectivity index (χ1) is 7.31. The molecule has 0 saturated carbocycles. The average Bonchev–Trinajstić information content (AvgIpc) is 2.23. The molecule has 0 atom stereocenters. The summed E-state index contributed by atoms with van der Waals surface area (Å²) in [6.45, 7) is 5.02. The number of hydrogen-bond acceptors (Lipinski definition) is 3. The molecule has 0 aliphatic heterocycles. The molecule has 1 aromatic carbocycles. The summed E-state index contributed by atoms with van der Waals surface area (Å²) in [6.07, 6.45) is 2.12. The molecule has 3 nitrogen and oxygen atoms in total. The van der Waals surface area contributed by atoms with E-state index in [0.29, 0.717) is 19.0 Å². The minimum atomic E-state index is 0.252. The van der Waals surface area contributed by atoms with Gasteiger partial charge in [0.2, 0.25) is 6.29 Å². The maximum absolute atomic E-state index is 10.3. The molecule has 81 valence electrons. The summed E-state index contributed by atoms with van der Waals surface area (Å²) in [5.74, 6) is 1.46. The van der Waals surface area contributed by atoms with Gasteiger partial charge in [0.05, 0.1) is 13.2 Å². The molecule has 0 bridgehead atoms. The first kappa shape index (κ1) is 11.6. The quantitative estimate of drug-likeness (QED) is 0.717. The molecule has 0 saturated heterocycles. The van der Waals surface area contributed by atoms with Crippen LogP contribution in [0, 0.1) is 0 Å². The van der Waals surface area contributed by atoms with Gasteiger partial charge in [0.1, 0.15) is 11.5 Å². The Morgan fingerprint density at radius 3 is 2.53 bits per heavy atom. The van der Waals surface area contributed by atoms with Crippen LogP contribution in [0.4, 0.5) is 0 Å². The zero-order valence-corrected chi connectivity index (χ0v) is 9.08. The molecule has 0 unspecified atom stereocenters. The number of hydrogen-bond donors (Lipinski definition) is 0. The molecule has 0 fully saturated rings. The number of benzene rings is 1. The molecule has 1 aromatic rings. The summed E-state index contributed by atoms with van der Waals surface area (Å²) in [4.78, 5) is 10.3. The Morgan fingerprint density at radius 1 is 1.20 bits per heavy atom. The van der Waals surface area contributed by atoms with Gasteiger partial charge in [-0.3, -0.25) is 4.79 Å². The molecule has 1 rings (SSSR count). The van der Waals surface area contributed by atoms with Crippen molar-refractivity contribution in [3.05, 3.63) is 23.8 Å². The van der Waals surface area contributed by atoms with E-state index in [1.165, 1.54) is 0 Å².